The van der Waals surface area contributed by atoms with Gasteiger partial charge in [-0.2, -0.15) is 0 Å². The smallest absolute Gasteiger partial charge is 0.269 e. The standard InChI is InChI=1S/C19H16BrClN4O3S/c1-24-18(28)15(10-16(26)22-14-4-2-3-13(21)9-14)25(19(24)29)23-17(27)11-5-7-12(20)8-6-11/h2-9,15H,10H2,1H3,(H,22,26)(H,23,27)/t15-/m0/s1. The van der Waals surface area contributed by atoms with Crippen molar-refractivity contribution in [3.8, 4) is 0 Å². The molecular weight excluding hydrogens is 480 g/mol. The fourth-order valence-electron chi connectivity index (χ4n) is 2.76. The number of anilines is 1. The maximum Gasteiger partial charge on any atom is 0.269 e. The van der Waals surface area contributed by atoms with Gasteiger partial charge in [-0.25, -0.2) is 5.01 Å². The Balaban J connectivity index is 1.73. The fourth-order valence-corrected chi connectivity index (χ4v) is 3.47. The van der Waals surface area contributed by atoms with Gasteiger partial charge < -0.3 is 5.32 Å². The molecule has 1 heterocycles. The summed E-state index contributed by atoms with van der Waals surface area (Å²) in [7, 11) is 1.50. The van der Waals surface area contributed by atoms with E-state index in [9.17, 15) is 14.4 Å². The van der Waals surface area contributed by atoms with Crippen LogP contribution in [0.3, 0.4) is 0 Å². The zero-order chi connectivity index (χ0) is 21.1. The first-order chi connectivity index (χ1) is 13.8. The van der Waals surface area contributed by atoms with E-state index >= 15 is 0 Å². The van der Waals surface area contributed by atoms with E-state index in [1.54, 1.807) is 48.5 Å². The van der Waals surface area contributed by atoms with Gasteiger partial charge in [-0.15, -0.1) is 0 Å². The van der Waals surface area contributed by atoms with E-state index in [0.717, 1.165) is 4.47 Å². The number of benzene rings is 2. The number of halogens is 2. The normalized spacial score (nSPS) is 16.2. The van der Waals surface area contributed by atoms with Crippen LogP contribution in [0, 0.1) is 0 Å². The Morgan fingerprint density at radius 2 is 1.90 bits per heavy atom. The van der Waals surface area contributed by atoms with Gasteiger partial charge >= 0.3 is 0 Å². The van der Waals surface area contributed by atoms with Crippen molar-refractivity contribution in [2.45, 2.75) is 12.5 Å². The van der Waals surface area contributed by atoms with Crippen LogP contribution in [0.5, 0.6) is 0 Å². The Morgan fingerprint density at radius 1 is 1.21 bits per heavy atom. The van der Waals surface area contributed by atoms with Crippen LogP contribution in [0.25, 0.3) is 0 Å². The Labute approximate surface area is 186 Å². The van der Waals surface area contributed by atoms with Gasteiger partial charge in [0, 0.05) is 27.8 Å². The molecule has 150 valence electrons. The number of nitrogens with zero attached hydrogens (tertiary/aromatic N) is 2. The highest BCUT2D eigenvalue weighted by molar-refractivity contribution is 9.10. The van der Waals surface area contributed by atoms with Gasteiger partial charge in [0.15, 0.2) is 5.11 Å². The van der Waals surface area contributed by atoms with Gasteiger partial charge in [-0.3, -0.25) is 24.7 Å². The van der Waals surface area contributed by atoms with E-state index in [2.05, 4.69) is 26.7 Å². The van der Waals surface area contributed by atoms with Gasteiger partial charge in [0.1, 0.15) is 6.04 Å². The van der Waals surface area contributed by atoms with Crippen molar-refractivity contribution < 1.29 is 14.4 Å². The first kappa shape index (κ1) is 21.2. The van der Waals surface area contributed by atoms with Crippen LogP contribution < -0.4 is 10.7 Å². The third kappa shape index (κ3) is 4.92. The number of hydrogen-bond donors (Lipinski definition) is 2. The molecule has 0 spiro atoms. The number of amides is 3. The van der Waals surface area contributed by atoms with Crippen LogP contribution in [0.1, 0.15) is 16.8 Å². The lowest BCUT2D eigenvalue weighted by Crippen LogP contribution is -2.49. The number of hydrazine groups is 1. The molecule has 1 atom stereocenters. The molecule has 10 heteroatoms. The van der Waals surface area contributed by atoms with E-state index in [4.69, 9.17) is 23.8 Å². The van der Waals surface area contributed by atoms with E-state index in [-0.39, 0.29) is 17.4 Å². The quantitative estimate of drug-likeness (QED) is 0.623. The van der Waals surface area contributed by atoms with Crippen molar-refractivity contribution in [1.29, 1.82) is 0 Å². The zero-order valence-electron chi connectivity index (χ0n) is 15.2. The molecule has 0 radical (unpaired) electrons. The summed E-state index contributed by atoms with van der Waals surface area (Å²) in [4.78, 5) is 38.8. The van der Waals surface area contributed by atoms with Crippen molar-refractivity contribution in [2.75, 3.05) is 12.4 Å². The summed E-state index contributed by atoms with van der Waals surface area (Å²) in [6.07, 6.45) is -0.198. The van der Waals surface area contributed by atoms with E-state index in [1.165, 1.54) is 17.0 Å². The summed E-state index contributed by atoms with van der Waals surface area (Å²) in [5.74, 6) is -1.23. The highest BCUT2D eigenvalue weighted by Gasteiger charge is 2.42. The Kier molecular flexibility index (Phi) is 6.51. The lowest BCUT2D eigenvalue weighted by atomic mass is 10.2. The molecule has 7 nitrogen and oxygen atoms in total. The number of thiocarbonyl (C=S) groups is 1. The minimum Gasteiger partial charge on any atom is -0.326 e. The molecule has 0 unspecified atom stereocenters. The zero-order valence-corrected chi connectivity index (χ0v) is 18.3. The topological polar surface area (TPSA) is 81.8 Å². The van der Waals surface area contributed by atoms with Crippen LogP contribution in [0.2, 0.25) is 5.02 Å². The number of likely N-dealkylation sites (N-methyl/N-ethyl adjacent to an activating group) is 1. The third-order valence-electron chi connectivity index (χ3n) is 4.24. The minimum atomic E-state index is -0.953. The molecule has 1 aliphatic rings. The molecule has 3 rings (SSSR count). The molecule has 0 aromatic heterocycles. The average Bonchev–Trinajstić information content (AvgIpc) is 2.87. The molecule has 2 aromatic carbocycles. The lowest BCUT2D eigenvalue weighted by molar-refractivity contribution is -0.130. The van der Waals surface area contributed by atoms with E-state index in [0.29, 0.717) is 16.3 Å². The molecule has 0 saturated carbocycles. The van der Waals surface area contributed by atoms with Crippen molar-refractivity contribution in [2.24, 2.45) is 0 Å². The van der Waals surface area contributed by atoms with Crippen LogP contribution in [-0.4, -0.2) is 45.8 Å². The largest absolute Gasteiger partial charge is 0.326 e. The van der Waals surface area contributed by atoms with Gasteiger partial charge in [0.2, 0.25) is 5.91 Å². The first-order valence-corrected chi connectivity index (χ1v) is 10.1. The summed E-state index contributed by atoms with van der Waals surface area (Å²) in [6, 6.07) is 12.4. The summed E-state index contributed by atoms with van der Waals surface area (Å²) in [6.45, 7) is 0. The van der Waals surface area contributed by atoms with Crippen LogP contribution in [0.15, 0.2) is 53.0 Å². The summed E-state index contributed by atoms with van der Waals surface area (Å²) < 4.78 is 0.830. The summed E-state index contributed by atoms with van der Waals surface area (Å²) in [5, 5.41) is 4.53. The fraction of sp³-hybridized carbons (Fsp3) is 0.158. The Bertz CT molecular complexity index is 986. The van der Waals surface area contributed by atoms with Gasteiger partial charge in [0.25, 0.3) is 11.8 Å². The molecule has 1 aliphatic heterocycles. The Hall–Kier alpha value is -2.49. The monoisotopic (exact) mass is 494 g/mol. The Morgan fingerprint density at radius 3 is 2.55 bits per heavy atom. The number of rotatable bonds is 5. The molecule has 3 amide bonds. The molecule has 2 N–H and O–H groups in total. The van der Waals surface area contributed by atoms with Gasteiger partial charge in [0.05, 0.1) is 6.42 Å². The van der Waals surface area contributed by atoms with Crippen molar-refractivity contribution in [3.05, 3.63) is 63.6 Å². The van der Waals surface area contributed by atoms with E-state index in [1.807, 2.05) is 0 Å². The number of nitrogens with one attached hydrogen (secondary N) is 2. The second-order valence-corrected chi connectivity index (χ2v) is 7.99. The molecule has 0 aliphatic carbocycles. The van der Waals surface area contributed by atoms with Gasteiger partial charge in [-0.1, -0.05) is 33.6 Å². The molecular formula is C19H16BrClN4O3S. The second kappa shape index (κ2) is 8.89. The number of carbonyl (C=O) groups excluding carboxylic acids is 3. The third-order valence-corrected chi connectivity index (χ3v) is 5.47. The number of carbonyl (C=O) groups is 3. The van der Waals surface area contributed by atoms with Crippen LogP contribution in [0.4, 0.5) is 5.69 Å². The highest BCUT2D eigenvalue weighted by atomic mass is 79.9. The first-order valence-electron chi connectivity index (χ1n) is 8.49. The predicted molar refractivity (Wildman–Crippen MR) is 117 cm³/mol. The minimum absolute atomic E-state index is 0.112. The maximum atomic E-state index is 12.6. The van der Waals surface area contributed by atoms with Gasteiger partial charge in [-0.05, 0) is 54.7 Å². The molecule has 29 heavy (non-hydrogen) atoms. The average molecular weight is 496 g/mol. The summed E-state index contributed by atoms with van der Waals surface area (Å²) in [5.41, 5.74) is 3.53. The van der Waals surface area contributed by atoms with E-state index < -0.39 is 17.9 Å². The molecule has 1 fully saturated rings. The predicted octanol–water partition coefficient (Wildman–Crippen LogP) is 3.20. The second-order valence-electron chi connectivity index (χ2n) is 6.28. The lowest BCUT2D eigenvalue weighted by Gasteiger charge is -2.24. The van der Waals surface area contributed by atoms with Crippen LogP contribution >= 0.6 is 39.7 Å². The summed E-state index contributed by atoms with van der Waals surface area (Å²) >= 11 is 14.5. The molecule has 0 bridgehead atoms. The SMILES string of the molecule is CN1C(=O)[C@H](CC(=O)Nc2cccc(Cl)c2)N(NC(=O)c2ccc(Br)cc2)C1=S. The maximum absolute atomic E-state index is 12.6. The molecule has 2 aromatic rings. The number of hydrogen-bond acceptors (Lipinski definition) is 4. The highest BCUT2D eigenvalue weighted by Crippen LogP contribution is 2.20. The van der Waals surface area contributed by atoms with Crippen molar-refractivity contribution >= 4 is 68.3 Å². The molecule has 1 saturated heterocycles. The van der Waals surface area contributed by atoms with Crippen molar-refractivity contribution in [3.63, 3.8) is 0 Å². The van der Waals surface area contributed by atoms with Crippen molar-refractivity contribution in [1.82, 2.24) is 15.3 Å². The van der Waals surface area contributed by atoms with Crippen LogP contribution in [-0.2, 0) is 9.59 Å².